The fraction of sp³-hybridized carbons (Fsp3) is 0.444. The zero-order chi connectivity index (χ0) is 14.0. The molecule has 0 aromatic heterocycles. The Kier molecular flexibility index (Phi) is 4.26. The number of rotatable bonds is 5. The number of aliphatic hydroxyl groups is 1. The Hall–Kier alpha value is -1.34. The first-order valence-corrected chi connectivity index (χ1v) is 7.22. The number of benzene rings is 1. The van der Waals surface area contributed by atoms with E-state index < -0.39 is 0 Å². The second-order valence-electron chi connectivity index (χ2n) is 5.58. The van der Waals surface area contributed by atoms with Crippen molar-refractivity contribution in [2.45, 2.75) is 45.6 Å². The molecule has 2 unspecified atom stereocenters. The summed E-state index contributed by atoms with van der Waals surface area (Å²) in [6, 6.07) is 8.51. The lowest BCUT2D eigenvalue weighted by Gasteiger charge is -2.27. The van der Waals surface area contributed by atoms with Gasteiger partial charge in [0, 0.05) is 5.92 Å². The van der Waals surface area contributed by atoms with Crippen LogP contribution in [0.15, 0.2) is 42.5 Å². The number of aliphatic hydroxyl groups excluding tert-OH is 1. The van der Waals surface area contributed by atoms with E-state index in [4.69, 9.17) is 0 Å². The van der Waals surface area contributed by atoms with E-state index in [-0.39, 0.29) is 12.0 Å². The normalized spacial score (nSPS) is 21.2. The molecule has 3 atom stereocenters. The Morgan fingerprint density at radius 2 is 2.05 bits per heavy atom. The predicted molar refractivity (Wildman–Crippen MR) is 82.1 cm³/mol. The summed E-state index contributed by atoms with van der Waals surface area (Å²) in [5.74, 6) is 0.573. The maximum atomic E-state index is 10.3. The van der Waals surface area contributed by atoms with E-state index in [1.165, 1.54) is 22.3 Å². The highest BCUT2D eigenvalue weighted by molar-refractivity contribution is 5.83. The smallest absolute Gasteiger partial charge is 0.0574 e. The van der Waals surface area contributed by atoms with E-state index in [0.717, 1.165) is 12.8 Å². The molecule has 2 rings (SSSR count). The summed E-state index contributed by atoms with van der Waals surface area (Å²) in [5, 5.41) is 10.3. The molecule has 0 spiro atoms. The van der Waals surface area contributed by atoms with Crippen LogP contribution in [0, 0.1) is 5.92 Å². The van der Waals surface area contributed by atoms with E-state index in [2.05, 4.69) is 51.6 Å². The number of allylic oxidation sites excluding steroid dienone is 3. The summed E-state index contributed by atoms with van der Waals surface area (Å²) >= 11 is 0. The van der Waals surface area contributed by atoms with Crippen LogP contribution in [0.2, 0.25) is 0 Å². The molecule has 1 nitrogen and oxygen atoms in total. The minimum Gasteiger partial charge on any atom is -0.393 e. The number of fused-ring (bicyclic) bond motifs is 1. The van der Waals surface area contributed by atoms with Gasteiger partial charge in [-0.2, -0.15) is 0 Å². The minimum absolute atomic E-state index is 0.234. The lowest BCUT2D eigenvalue weighted by atomic mass is 9.80. The zero-order valence-corrected chi connectivity index (χ0v) is 12.2. The highest BCUT2D eigenvalue weighted by Gasteiger charge is 2.33. The molecular formula is C18H24O. The van der Waals surface area contributed by atoms with Crippen molar-refractivity contribution in [3.8, 4) is 0 Å². The number of hydrogen-bond acceptors (Lipinski definition) is 1. The van der Waals surface area contributed by atoms with Gasteiger partial charge in [-0.25, -0.2) is 0 Å². The fourth-order valence-electron chi connectivity index (χ4n) is 3.36. The molecule has 0 amide bonds. The van der Waals surface area contributed by atoms with Crippen LogP contribution in [0.3, 0.4) is 0 Å². The van der Waals surface area contributed by atoms with Crippen molar-refractivity contribution >= 4 is 5.57 Å². The van der Waals surface area contributed by atoms with Crippen LogP contribution in [-0.4, -0.2) is 11.2 Å². The molecule has 1 aliphatic rings. The standard InChI is InChI=1S/C18H24O/c1-5-9-17(19)13(4)18-12(3)14(6-2)15-10-7-8-11-16(15)18/h6-8,10-11,13,17-19H,2,5,9H2,1,3-4H3/t13?,17-,18?/m1/s1. The summed E-state index contributed by atoms with van der Waals surface area (Å²) in [6.45, 7) is 10.4. The van der Waals surface area contributed by atoms with Crippen molar-refractivity contribution in [3.05, 3.63) is 53.6 Å². The molecule has 0 bridgehead atoms. The van der Waals surface area contributed by atoms with Crippen molar-refractivity contribution in [2.24, 2.45) is 5.92 Å². The van der Waals surface area contributed by atoms with Crippen LogP contribution in [0.25, 0.3) is 5.57 Å². The van der Waals surface area contributed by atoms with E-state index in [0.29, 0.717) is 5.92 Å². The summed E-state index contributed by atoms with van der Waals surface area (Å²) in [4.78, 5) is 0. The molecule has 1 aliphatic carbocycles. The molecule has 0 saturated heterocycles. The largest absolute Gasteiger partial charge is 0.393 e. The molecule has 1 heteroatoms. The molecule has 0 fully saturated rings. The van der Waals surface area contributed by atoms with Gasteiger partial charge in [0.1, 0.15) is 0 Å². The first-order valence-electron chi connectivity index (χ1n) is 7.22. The van der Waals surface area contributed by atoms with Gasteiger partial charge in [0.2, 0.25) is 0 Å². The quantitative estimate of drug-likeness (QED) is 0.820. The average molecular weight is 256 g/mol. The van der Waals surface area contributed by atoms with Crippen LogP contribution < -0.4 is 0 Å². The van der Waals surface area contributed by atoms with Crippen molar-refractivity contribution in [1.29, 1.82) is 0 Å². The second-order valence-corrected chi connectivity index (χ2v) is 5.58. The molecule has 1 aromatic rings. The Morgan fingerprint density at radius 3 is 2.68 bits per heavy atom. The Bertz CT molecular complexity index is 498. The van der Waals surface area contributed by atoms with Crippen LogP contribution >= 0.6 is 0 Å². The molecule has 0 aliphatic heterocycles. The molecule has 0 saturated carbocycles. The number of hydrogen-bond donors (Lipinski definition) is 1. The third kappa shape index (κ3) is 2.40. The van der Waals surface area contributed by atoms with E-state index >= 15 is 0 Å². The van der Waals surface area contributed by atoms with Gasteiger partial charge < -0.3 is 5.11 Å². The van der Waals surface area contributed by atoms with E-state index in [1.54, 1.807) is 0 Å². The molecule has 102 valence electrons. The van der Waals surface area contributed by atoms with Gasteiger partial charge in [-0.1, -0.05) is 62.8 Å². The maximum Gasteiger partial charge on any atom is 0.0574 e. The zero-order valence-electron chi connectivity index (χ0n) is 12.2. The van der Waals surface area contributed by atoms with Gasteiger partial charge in [0.25, 0.3) is 0 Å². The summed E-state index contributed by atoms with van der Waals surface area (Å²) in [7, 11) is 0. The van der Waals surface area contributed by atoms with Crippen molar-refractivity contribution in [1.82, 2.24) is 0 Å². The van der Waals surface area contributed by atoms with Crippen LogP contribution in [0.5, 0.6) is 0 Å². The Morgan fingerprint density at radius 1 is 1.37 bits per heavy atom. The molecule has 0 heterocycles. The maximum absolute atomic E-state index is 10.3. The SMILES string of the molecule is C=CC1=C(C)C(C(C)[C@H](O)CCC)c2ccccc21. The lowest BCUT2D eigenvalue weighted by Crippen LogP contribution is -2.24. The van der Waals surface area contributed by atoms with Gasteiger partial charge >= 0.3 is 0 Å². The third-order valence-electron chi connectivity index (χ3n) is 4.40. The predicted octanol–water partition coefficient (Wildman–Crippen LogP) is 4.54. The summed E-state index contributed by atoms with van der Waals surface area (Å²) in [6.07, 6.45) is 3.61. The highest BCUT2D eigenvalue weighted by atomic mass is 16.3. The van der Waals surface area contributed by atoms with Gasteiger partial charge in [-0.3, -0.25) is 0 Å². The average Bonchev–Trinajstić information content (AvgIpc) is 2.69. The summed E-state index contributed by atoms with van der Waals surface area (Å²) < 4.78 is 0. The Balaban J connectivity index is 2.41. The van der Waals surface area contributed by atoms with Crippen LogP contribution in [-0.2, 0) is 0 Å². The van der Waals surface area contributed by atoms with Crippen molar-refractivity contribution < 1.29 is 5.11 Å². The lowest BCUT2D eigenvalue weighted by molar-refractivity contribution is 0.0983. The molecule has 0 radical (unpaired) electrons. The first-order chi connectivity index (χ1) is 9.11. The second kappa shape index (κ2) is 5.75. The Labute approximate surface area is 116 Å². The van der Waals surface area contributed by atoms with Gasteiger partial charge in [-0.05, 0) is 36.0 Å². The monoisotopic (exact) mass is 256 g/mol. The molecule has 1 N–H and O–H groups in total. The van der Waals surface area contributed by atoms with Crippen molar-refractivity contribution in [2.75, 3.05) is 0 Å². The summed E-state index contributed by atoms with van der Waals surface area (Å²) in [5.41, 5.74) is 5.23. The van der Waals surface area contributed by atoms with Crippen LogP contribution in [0.1, 0.15) is 50.7 Å². The van der Waals surface area contributed by atoms with Crippen molar-refractivity contribution in [3.63, 3.8) is 0 Å². The first kappa shape index (κ1) is 14.1. The molecule has 1 aromatic carbocycles. The van der Waals surface area contributed by atoms with E-state index in [9.17, 15) is 5.11 Å². The molecule has 19 heavy (non-hydrogen) atoms. The highest BCUT2D eigenvalue weighted by Crippen LogP contribution is 2.46. The van der Waals surface area contributed by atoms with Crippen LogP contribution in [0.4, 0.5) is 0 Å². The van der Waals surface area contributed by atoms with Gasteiger partial charge in [0.05, 0.1) is 6.10 Å². The minimum atomic E-state index is -0.234. The van der Waals surface area contributed by atoms with E-state index in [1.807, 2.05) is 6.08 Å². The van der Waals surface area contributed by atoms with Gasteiger partial charge in [0.15, 0.2) is 0 Å². The topological polar surface area (TPSA) is 20.2 Å². The van der Waals surface area contributed by atoms with Gasteiger partial charge in [-0.15, -0.1) is 0 Å². The third-order valence-corrected chi connectivity index (χ3v) is 4.40. The fourth-order valence-corrected chi connectivity index (χ4v) is 3.36. The molecular weight excluding hydrogens is 232 g/mol.